The molecule has 0 spiro atoms. The summed E-state index contributed by atoms with van der Waals surface area (Å²) < 4.78 is 0. The standard InChI is InChI=1S/C7H12N2O3/c8-6(10)4-1-2-5(3-4)9-7(11)12/h4-5,9H,1-3H2,(H2,8,10)(H,11,12). The molecular weight excluding hydrogens is 160 g/mol. The Morgan fingerprint density at radius 3 is 2.50 bits per heavy atom. The molecule has 0 aromatic carbocycles. The molecule has 0 aromatic rings. The maximum absolute atomic E-state index is 10.7. The zero-order valence-electron chi connectivity index (χ0n) is 6.62. The van der Waals surface area contributed by atoms with Crippen LogP contribution in [0.15, 0.2) is 0 Å². The normalized spacial score (nSPS) is 28.3. The highest BCUT2D eigenvalue weighted by molar-refractivity contribution is 5.77. The Labute approximate surface area is 69.9 Å². The molecule has 0 aromatic heterocycles. The fourth-order valence-corrected chi connectivity index (χ4v) is 1.55. The van der Waals surface area contributed by atoms with E-state index in [4.69, 9.17) is 10.8 Å². The van der Waals surface area contributed by atoms with Crippen molar-refractivity contribution in [2.75, 3.05) is 0 Å². The van der Waals surface area contributed by atoms with Crippen LogP contribution in [0.3, 0.4) is 0 Å². The van der Waals surface area contributed by atoms with Crippen LogP contribution < -0.4 is 11.1 Å². The van der Waals surface area contributed by atoms with E-state index in [-0.39, 0.29) is 17.9 Å². The second kappa shape index (κ2) is 3.42. The molecule has 1 rings (SSSR count). The van der Waals surface area contributed by atoms with E-state index in [0.29, 0.717) is 19.3 Å². The Morgan fingerprint density at radius 2 is 2.08 bits per heavy atom. The molecule has 2 unspecified atom stereocenters. The lowest BCUT2D eigenvalue weighted by atomic mass is 10.1. The third-order valence-electron chi connectivity index (χ3n) is 2.16. The third kappa shape index (κ3) is 2.11. The number of primary amides is 1. The van der Waals surface area contributed by atoms with Gasteiger partial charge in [0.05, 0.1) is 0 Å². The highest BCUT2D eigenvalue weighted by Gasteiger charge is 2.28. The van der Waals surface area contributed by atoms with Gasteiger partial charge in [0.1, 0.15) is 0 Å². The molecule has 4 N–H and O–H groups in total. The van der Waals surface area contributed by atoms with Gasteiger partial charge >= 0.3 is 6.09 Å². The van der Waals surface area contributed by atoms with Crippen LogP contribution in [0.25, 0.3) is 0 Å². The SMILES string of the molecule is NC(=O)C1CCC(NC(=O)O)C1. The number of amides is 2. The van der Waals surface area contributed by atoms with Crippen molar-refractivity contribution in [2.24, 2.45) is 11.7 Å². The molecule has 0 radical (unpaired) electrons. The number of nitrogens with one attached hydrogen (secondary N) is 1. The van der Waals surface area contributed by atoms with Crippen molar-refractivity contribution in [2.45, 2.75) is 25.3 Å². The summed E-state index contributed by atoms with van der Waals surface area (Å²) in [7, 11) is 0. The van der Waals surface area contributed by atoms with E-state index in [0.717, 1.165) is 0 Å². The lowest BCUT2D eigenvalue weighted by molar-refractivity contribution is -0.121. The smallest absolute Gasteiger partial charge is 0.404 e. The fraction of sp³-hybridized carbons (Fsp3) is 0.714. The minimum Gasteiger partial charge on any atom is -0.465 e. The molecule has 0 bridgehead atoms. The van der Waals surface area contributed by atoms with Crippen LogP contribution in [0.1, 0.15) is 19.3 Å². The van der Waals surface area contributed by atoms with E-state index < -0.39 is 6.09 Å². The average Bonchev–Trinajstić information content (AvgIpc) is 2.34. The zero-order chi connectivity index (χ0) is 9.14. The van der Waals surface area contributed by atoms with Crippen LogP contribution in [0, 0.1) is 5.92 Å². The Hall–Kier alpha value is -1.26. The van der Waals surface area contributed by atoms with E-state index in [1.807, 2.05) is 0 Å². The van der Waals surface area contributed by atoms with Crippen molar-refractivity contribution in [1.82, 2.24) is 5.32 Å². The van der Waals surface area contributed by atoms with Gasteiger partial charge in [-0.25, -0.2) is 4.79 Å². The predicted molar refractivity (Wildman–Crippen MR) is 41.5 cm³/mol. The molecule has 1 aliphatic carbocycles. The molecule has 2 amide bonds. The highest BCUT2D eigenvalue weighted by atomic mass is 16.4. The van der Waals surface area contributed by atoms with Crippen molar-refractivity contribution in [3.63, 3.8) is 0 Å². The number of rotatable bonds is 2. The highest BCUT2D eigenvalue weighted by Crippen LogP contribution is 2.24. The van der Waals surface area contributed by atoms with Crippen molar-refractivity contribution >= 4 is 12.0 Å². The molecule has 5 nitrogen and oxygen atoms in total. The Kier molecular flexibility index (Phi) is 2.52. The third-order valence-corrected chi connectivity index (χ3v) is 2.16. The number of hydrogen-bond donors (Lipinski definition) is 3. The van der Waals surface area contributed by atoms with Gasteiger partial charge in [0, 0.05) is 12.0 Å². The summed E-state index contributed by atoms with van der Waals surface area (Å²) in [5.41, 5.74) is 5.08. The second-order valence-electron chi connectivity index (χ2n) is 3.06. The minimum absolute atomic E-state index is 0.0972. The van der Waals surface area contributed by atoms with E-state index in [9.17, 15) is 9.59 Å². The summed E-state index contributed by atoms with van der Waals surface area (Å²) in [6.07, 6.45) is 0.909. The van der Waals surface area contributed by atoms with Gasteiger partial charge in [-0.15, -0.1) is 0 Å². The molecule has 12 heavy (non-hydrogen) atoms. The van der Waals surface area contributed by atoms with Gasteiger partial charge in [-0.05, 0) is 19.3 Å². The first kappa shape index (κ1) is 8.83. The van der Waals surface area contributed by atoms with Gasteiger partial charge < -0.3 is 16.2 Å². The molecule has 1 saturated carbocycles. The number of carboxylic acid groups (broad SMARTS) is 1. The minimum atomic E-state index is -1.04. The molecule has 0 saturated heterocycles. The summed E-state index contributed by atoms with van der Waals surface area (Å²) in [6.45, 7) is 0. The van der Waals surface area contributed by atoms with Crippen LogP contribution in [0.4, 0.5) is 4.79 Å². The molecule has 2 atom stereocenters. The monoisotopic (exact) mass is 172 g/mol. The van der Waals surface area contributed by atoms with Crippen LogP contribution in [0.2, 0.25) is 0 Å². The molecule has 0 heterocycles. The molecule has 68 valence electrons. The molecule has 0 aliphatic heterocycles. The number of carbonyl (C=O) groups excluding carboxylic acids is 1. The molecular formula is C7H12N2O3. The van der Waals surface area contributed by atoms with Crippen molar-refractivity contribution in [3.8, 4) is 0 Å². The van der Waals surface area contributed by atoms with Crippen LogP contribution >= 0.6 is 0 Å². The van der Waals surface area contributed by atoms with Gasteiger partial charge in [-0.3, -0.25) is 4.79 Å². The van der Waals surface area contributed by atoms with Gasteiger partial charge in [0.15, 0.2) is 0 Å². The van der Waals surface area contributed by atoms with E-state index in [1.54, 1.807) is 0 Å². The summed E-state index contributed by atoms with van der Waals surface area (Å²) >= 11 is 0. The lowest BCUT2D eigenvalue weighted by Crippen LogP contribution is -2.32. The molecule has 1 fully saturated rings. The topological polar surface area (TPSA) is 92.4 Å². The van der Waals surface area contributed by atoms with E-state index in [1.165, 1.54) is 0 Å². The molecule has 5 heteroatoms. The fourth-order valence-electron chi connectivity index (χ4n) is 1.55. The van der Waals surface area contributed by atoms with Gasteiger partial charge in [-0.2, -0.15) is 0 Å². The Morgan fingerprint density at radius 1 is 1.42 bits per heavy atom. The number of hydrogen-bond acceptors (Lipinski definition) is 2. The molecule has 1 aliphatic rings. The zero-order valence-corrected chi connectivity index (χ0v) is 6.62. The van der Waals surface area contributed by atoms with Gasteiger partial charge in [-0.1, -0.05) is 0 Å². The van der Waals surface area contributed by atoms with Crippen LogP contribution in [0.5, 0.6) is 0 Å². The Balaban J connectivity index is 2.35. The van der Waals surface area contributed by atoms with Gasteiger partial charge in [0.25, 0.3) is 0 Å². The second-order valence-corrected chi connectivity index (χ2v) is 3.06. The first-order valence-corrected chi connectivity index (χ1v) is 3.88. The first-order chi connectivity index (χ1) is 5.59. The Bertz CT molecular complexity index is 205. The summed E-state index contributed by atoms with van der Waals surface area (Å²) in [6, 6.07) is -0.0972. The van der Waals surface area contributed by atoms with Crippen LogP contribution in [-0.2, 0) is 4.79 Å². The summed E-state index contributed by atoms with van der Waals surface area (Å²) in [5.74, 6) is -0.480. The summed E-state index contributed by atoms with van der Waals surface area (Å²) in [5, 5.41) is 10.7. The maximum atomic E-state index is 10.7. The largest absolute Gasteiger partial charge is 0.465 e. The van der Waals surface area contributed by atoms with Crippen LogP contribution in [-0.4, -0.2) is 23.1 Å². The predicted octanol–water partition coefficient (Wildman–Crippen LogP) is -0.0920. The van der Waals surface area contributed by atoms with Crippen molar-refractivity contribution < 1.29 is 14.7 Å². The quantitative estimate of drug-likeness (QED) is 0.543. The number of nitrogens with two attached hydrogens (primary N) is 1. The summed E-state index contributed by atoms with van der Waals surface area (Å²) in [4.78, 5) is 20.9. The van der Waals surface area contributed by atoms with Crippen molar-refractivity contribution in [3.05, 3.63) is 0 Å². The lowest BCUT2D eigenvalue weighted by Gasteiger charge is -2.08. The van der Waals surface area contributed by atoms with Gasteiger partial charge in [0.2, 0.25) is 5.91 Å². The first-order valence-electron chi connectivity index (χ1n) is 3.88. The van der Waals surface area contributed by atoms with E-state index >= 15 is 0 Å². The van der Waals surface area contributed by atoms with E-state index in [2.05, 4.69) is 5.32 Å². The number of carbonyl (C=O) groups is 2. The van der Waals surface area contributed by atoms with Crippen molar-refractivity contribution in [1.29, 1.82) is 0 Å². The average molecular weight is 172 g/mol. The maximum Gasteiger partial charge on any atom is 0.404 e.